The number of Topliss-reactive ketones (excluding diaryl/α,β-unsaturated/α-hetero) is 1. The number of hydrogen-bond acceptors (Lipinski definition) is 6. The second kappa shape index (κ2) is 9.35. The Hall–Kier alpha value is -3.48. The fourth-order valence-corrected chi connectivity index (χ4v) is 3.33. The maximum atomic E-state index is 12.8. The van der Waals surface area contributed by atoms with E-state index in [9.17, 15) is 19.2 Å². The molecule has 0 aromatic heterocycles. The van der Waals surface area contributed by atoms with Crippen LogP contribution in [0.15, 0.2) is 48.5 Å². The van der Waals surface area contributed by atoms with Crippen LogP contribution in [0.1, 0.15) is 57.3 Å². The molecule has 1 atom stereocenters. The Morgan fingerprint density at radius 3 is 2.10 bits per heavy atom. The van der Waals surface area contributed by atoms with Crippen molar-refractivity contribution in [1.29, 1.82) is 0 Å². The molecule has 30 heavy (non-hydrogen) atoms. The molecule has 0 radical (unpaired) electrons. The molecule has 0 saturated heterocycles. The maximum absolute atomic E-state index is 12.8. The highest BCUT2D eigenvalue weighted by atomic mass is 16.5. The Morgan fingerprint density at radius 2 is 1.57 bits per heavy atom. The van der Waals surface area contributed by atoms with Gasteiger partial charge in [-0.1, -0.05) is 31.9 Å². The van der Waals surface area contributed by atoms with Gasteiger partial charge in [-0.3, -0.25) is 19.3 Å². The van der Waals surface area contributed by atoms with E-state index in [4.69, 9.17) is 9.47 Å². The van der Waals surface area contributed by atoms with Gasteiger partial charge in [-0.05, 0) is 42.8 Å². The van der Waals surface area contributed by atoms with E-state index in [1.165, 1.54) is 7.11 Å². The van der Waals surface area contributed by atoms with Crippen LogP contribution in [-0.2, 0) is 9.53 Å². The van der Waals surface area contributed by atoms with E-state index in [2.05, 4.69) is 0 Å². The minimum absolute atomic E-state index is 0.270. The van der Waals surface area contributed by atoms with Gasteiger partial charge in [0.25, 0.3) is 11.8 Å². The molecular formula is C23H23NO6. The first-order valence-corrected chi connectivity index (χ1v) is 9.78. The number of carbonyl (C=O) groups is 4. The number of unbranched alkanes of at least 4 members (excludes halogenated alkanes) is 1. The number of nitrogens with zero attached hydrogens (tertiary/aromatic N) is 1. The minimum Gasteiger partial charge on any atom is -0.497 e. The Balaban J connectivity index is 1.72. The van der Waals surface area contributed by atoms with Crippen LogP contribution in [0.5, 0.6) is 5.75 Å². The molecule has 1 heterocycles. The van der Waals surface area contributed by atoms with Crippen LogP contribution < -0.4 is 4.74 Å². The molecule has 0 unspecified atom stereocenters. The van der Waals surface area contributed by atoms with E-state index in [1.807, 2.05) is 6.92 Å². The average molecular weight is 409 g/mol. The Labute approximate surface area is 174 Å². The summed E-state index contributed by atoms with van der Waals surface area (Å²) in [5.74, 6) is -1.58. The van der Waals surface area contributed by atoms with Crippen molar-refractivity contribution >= 4 is 23.6 Å². The highest BCUT2D eigenvalue weighted by Crippen LogP contribution is 2.27. The van der Waals surface area contributed by atoms with E-state index >= 15 is 0 Å². The van der Waals surface area contributed by atoms with Crippen LogP contribution in [0, 0.1) is 0 Å². The van der Waals surface area contributed by atoms with Gasteiger partial charge in [-0.15, -0.1) is 0 Å². The lowest BCUT2D eigenvalue weighted by Crippen LogP contribution is -2.46. The van der Waals surface area contributed by atoms with Crippen molar-refractivity contribution in [3.63, 3.8) is 0 Å². The lowest BCUT2D eigenvalue weighted by atomic mass is 10.1. The molecule has 2 aromatic rings. The average Bonchev–Trinajstić information content (AvgIpc) is 3.03. The van der Waals surface area contributed by atoms with Crippen LogP contribution in [0.3, 0.4) is 0 Å². The lowest BCUT2D eigenvalue weighted by molar-refractivity contribution is -0.147. The van der Waals surface area contributed by atoms with Gasteiger partial charge in [0.05, 0.1) is 18.2 Å². The number of fused-ring (bicyclic) bond motifs is 1. The van der Waals surface area contributed by atoms with Crippen molar-refractivity contribution in [2.45, 2.75) is 32.2 Å². The van der Waals surface area contributed by atoms with Crippen molar-refractivity contribution in [2.24, 2.45) is 0 Å². The molecular weight excluding hydrogens is 386 g/mol. The van der Waals surface area contributed by atoms with Crippen LogP contribution in [0.2, 0.25) is 0 Å². The molecule has 7 nitrogen and oxygen atoms in total. The maximum Gasteiger partial charge on any atom is 0.329 e. The van der Waals surface area contributed by atoms with Crippen LogP contribution >= 0.6 is 0 Å². The summed E-state index contributed by atoms with van der Waals surface area (Å²) in [6, 6.07) is 11.8. The van der Waals surface area contributed by atoms with E-state index in [1.54, 1.807) is 48.5 Å². The highest BCUT2D eigenvalue weighted by molar-refractivity contribution is 6.22. The van der Waals surface area contributed by atoms with Gasteiger partial charge in [-0.2, -0.15) is 0 Å². The molecule has 1 aliphatic rings. The normalized spacial score (nSPS) is 13.7. The van der Waals surface area contributed by atoms with Crippen molar-refractivity contribution < 1.29 is 28.7 Å². The van der Waals surface area contributed by atoms with E-state index < -0.39 is 30.4 Å². The molecule has 0 fully saturated rings. The Kier molecular flexibility index (Phi) is 6.61. The second-order valence-electron chi connectivity index (χ2n) is 6.94. The molecule has 156 valence electrons. The number of rotatable bonds is 9. The Morgan fingerprint density at radius 1 is 0.967 bits per heavy atom. The van der Waals surface area contributed by atoms with Gasteiger partial charge in [-0.25, -0.2) is 4.79 Å². The lowest BCUT2D eigenvalue weighted by Gasteiger charge is -2.24. The van der Waals surface area contributed by atoms with E-state index in [0.717, 1.165) is 11.3 Å². The highest BCUT2D eigenvalue weighted by Gasteiger charge is 2.43. The molecule has 2 aromatic carbocycles. The summed E-state index contributed by atoms with van der Waals surface area (Å²) >= 11 is 0. The number of hydrogen-bond donors (Lipinski definition) is 0. The third-order valence-corrected chi connectivity index (χ3v) is 5.00. The molecule has 0 aliphatic carbocycles. The SMILES string of the molecule is CCCC[C@H](C(=O)OCC(=O)c1ccc(OC)cc1)N1C(=O)c2ccccc2C1=O. The first kappa shape index (κ1) is 21.2. The van der Waals surface area contributed by atoms with E-state index in [0.29, 0.717) is 17.7 Å². The first-order valence-electron chi connectivity index (χ1n) is 9.78. The summed E-state index contributed by atoms with van der Waals surface area (Å²) in [6.45, 7) is 1.47. The van der Waals surface area contributed by atoms with Crippen molar-refractivity contribution in [3.8, 4) is 5.75 Å². The summed E-state index contributed by atoms with van der Waals surface area (Å²) in [4.78, 5) is 51.6. The topological polar surface area (TPSA) is 90.0 Å². The number of amides is 2. The minimum atomic E-state index is -1.07. The number of carbonyl (C=O) groups excluding carboxylic acids is 4. The fourth-order valence-electron chi connectivity index (χ4n) is 3.33. The van der Waals surface area contributed by atoms with Gasteiger partial charge >= 0.3 is 5.97 Å². The fraction of sp³-hybridized carbons (Fsp3) is 0.304. The molecule has 0 saturated carbocycles. The van der Waals surface area contributed by atoms with Gasteiger partial charge in [0.15, 0.2) is 12.4 Å². The third-order valence-electron chi connectivity index (χ3n) is 5.00. The molecule has 0 spiro atoms. The van der Waals surface area contributed by atoms with Crippen LogP contribution in [0.4, 0.5) is 0 Å². The van der Waals surface area contributed by atoms with Crippen molar-refractivity contribution in [1.82, 2.24) is 4.90 Å². The second-order valence-corrected chi connectivity index (χ2v) is 6.94. The zero-order valence-corrected chi connectivity index (χ0v) is 16.9. The largest absolute Gasteiger partial charge is 0.497 e. The summed E-state index contributed by atoms with van der Waals surface area (Å²) < 4.78 is 10.3. The van der Waals surface area contributed by atoms with E-state index in [-0.39, 0.29) is 23.3 Å². The standard InChI is InChI=1S/C23H23NO6/c1-3-4-9-19(24-21(26)17-7-5-6-8-18(17)22(24)27)23(28)30-14-20(25)15-10-12-16(29-2)13-11-15/h5-8,10-13,19H,3-4,9,14H2,1-2H3/t19-/m1/s1. The molecule has 0 bridgehead atoms. The predicted octanol–water partition coefficient (Wildman–Crippen LogP) is 3.28. The van der Waals surface area contributed by atoms with Gasteiger partial charge in [0.2, 0.25) is 0 Å². The number of imide groups is 1. The number of benzene rings is 2. The first-order chi connectivity index (χ1) is 14.5. The van der Waals surface area contributed by atoms with Crippen molar-refractivity contribution in [2.75, 3.05) is 13.7 Å². The molecule has 1 aliphatic heterocycles. The molecule has 2 amide bonds. The smallest absolute Gasteiger partial charge is 0.329 e. The third kappa shape index (κ3) is 4.25. The zero-order valence-electron chi connectivity index (χ0n) is 16.9. The number of ketones is 1. The van der Waals surface area contributed by atoms with Crippen LogP contribution in [-0.4, -0.2) is 48.2 Å². The monoisotopic (exact) mass is 409 g/mol. The van der Waals surface area contributed by atoms with Crippen LogP contribution in [0.25, 0.3) is 0 Å². The zero-order chi connectivity index (χ0) is 21.7. The molecule has 3 rings (SSSR count). The summed E-state index contributed by atoms with van der Waals surface area (Å²) in [7, 11) is 1.52. The number of ether oxygens (including phenoxy) is 2. The number of esters is 1. The summed E-state index contributed by atoms with van der Waals surface area (Å²) in [6.07, 6.45) is 1.68. The van der Waals surface area contributed by atoms with Crippen molar-refractivity contribution in [3.05, 3.63) is 65.2 Å². The summed E-state index contributed by atoms with van der Waals surface area (Å²) in [5, 5.41) is 0. The molecule has 0 N–H and O–H groups in total. The van der Waals surface area contributed by atoms with Gasteiger partial charge in [0.1, 0.15) is 11.8 Å². The Bertz CT molecular complexity index is 931. The number of methoxy groups -OCH3 is 1. The quantitative estimate of drug-likeness (QED) is 0.359. The predicted molar refractivity (Wildman–Crippen MR) is 109 cm³/mol. The van der Waals surface area contributed by atoms with Gasteiger partial charge in [0, 0.05) is 5.56 Å². The van der Waals surface area contributed by atoms with Gasteiger partial charge < -0.3 is 9.47 Å². The summed E-state index contributed by atoms with van der Waals surface area (Å²) in [5.41, 5.74) is 0.909. The molecule has 7 heteroatoms.